The Bertz CT molecular complexity index is 689. The summed E-state index contributed by atoms with van der Waals surface area (Å²) in [6.07, 6.45) is 0.279. The molecule has 22 heavy (non-hydrogen) atoms. The van der Waals surface area contributed by atoms with E-state index in [0.717, 1.165) is 10.0 Å². The van der Waals surface area contributed by atoms with Crippen LogP contribution >= 0.6 is 15.9 Å². The Kier molecular flexibility index (Phi) is 5.27. The van der Waals surface area contributed by atoms with E-state index < -0.39 is 23.7 Å². The summed E-state index contributed by atoms with van der Waals surface area (Å²) >= 11 is 3.34. The van der Waals surface area contributed by atoms with Gasteiger partial charge in [0, 0.05) is 16.5 Å². The molecule has 3 N–H and O–H groups in total. The maximum atomic E-state index is 12.9. The lowest BCUT2D eigenvalue weighted by molar-refractivity contribution is -0.119. The predicted molar refractivity (Wildman–Crippen MR) is 84.7 cm³/mol. The number of rotatable bonds is 5. The van der Waals surface area contributed by atoms with Crippen molar-refractivity contribution in [3.05, 3.63) is 69.9 Å². The topological polar surface area (TPSA) is 72.2 Å². The minimum absolute atomic E-state index is 0.266. The van der Waals surface area contributed by atoms with E-state index in [4.69, 9.17) is 5.73 Å². The second kappa shape index (κ2) is 7.17. The molecule has 2 amide bonds. The largest absolute Gasteiger partial charge is 0.368 e. The molecule has 0 aliphatic heterocycles. The molecule has 0 saturated carbocycles. The van der Waals surface area contributed by atoms with Crippen molar-refractivity contribution in [3.63, 3.8) is 0 Å². The molecule has 0 fully saturated rings. The van der Waals surface area contributed by atoms with Gasteiger partial charge in [-0.15, -0.1) is 0 Å². The van der Waals surface area contributed by atoms with Crippen molar-refractivity contribution in [2.75, 3.05) is 0 Å². The zero-order valence-corrected chi connectivity index (χ0v) is 13.1. The second-order valence-corrected chi connectivity index (χ2v) is 5.69. The molecule has 114 valence electrons. The number of amides is 2. The van der Waals surface area contributed by atoms with Crippen molar-refractivity contribution < 1.29 is 14.0 Å². The first-order valence-electron chi connectivity index (χ1n) is 6.56. The summed E-state index contributed by atoms with van der Waals surface area (Å²) in [4.78, 5) is 23.6. The third kappa shape index (κ3) is 4.39. The van der Waals surface area contributed by atoms with Crippen LogP contribution in [0.4, 0.5) is 4.39 Å². The van der Waals surface area contributed by atoms with E-state index in [1.165, 1.54) is 24.3 Å². The zero-order valence-electron chi connectivity index (χ0n) is 11.6. The quantitative estimate of drug-likeness (QED) is 0.854. The second-order valence-electron chi connectivity index (χ2n) is 4.77. The molecule has 2 aromatic carbocycles. The molecule has 4 nitrogen and oxygen atoms in total. The number of carbonyl (C=O) groups is 2. The van der Waals surface area contributed by atoms with Gasteiger partial charge in [0.2, 0.25) is 5.91 Å². The van der Waals surface area contributed by atoms with Crippen LogP contribution in [0, 0.1) is 5.82 Å². The van der Waals surface area contributed by atoms with Crippen molar-refractivity contribution in [1.82, 2.24) is 5.32 Å². The van der Waals surface area contributed by atoms with Gasteiger partial charge in [-0.3, -0.25) is 9.59 Å². The average molecular weight is 365 g/mol. The average Bonchev–Trinajstić information content (AvgIpc) is 2.47. The number of hydrogen-bond acceptors (Lipinski definition) is 2. The van der Waals surface area contributed by atoms with Crippen LogP contribution in [0.2, 0.25) is 0 Å². The van der Waals surface area contributed by atoms with Gasteiger partial charge in [0.15, 0.2) is 0 Å². The standard InChI is InChI=1S/C16H14BrFN2O2/c17-12-3-1-2-10(8-12)9-14(15(19)21)20-16(22)11-4-6-13(18)7-5-11/h1-8,14H,9H2,(H2,19,21)(H,20,22)/t14-/m1/s1. The number of nitrogens with two attached hydrogens (primary N) is 1. The molecule has 0 heterocycles. The van der Waals surface area contributed by atoms with E-state index in [1.807, 2.05) is 24.3 Å². The minimum Gasteiger partial charge on any atom is -0.368 e. The first kappa shape index (κ1) is 16.2. The van der Waals surface area contributed by atoms with Gasteiger partial charge in [-0.2, -0.15) is 0 Å². The lowest BCUT2D eigenvalue weighted by atomic mass is 10.0. The summed E-state index contributed by atoms with van der Waals surface area (Å²) in [6.45, 7) is 0. The Morgan fingerprint density at radius 1 is 1.18 bits per heavy atom. The third-order valence-corrected chi connectivity index (χ3v) is 3.58. The summed E-state index contributed by atoms with van der Waals surface area (Å²) in [7, 11) is 0. The van der Waals surface area contributed by atoms with Gasteiger partial charge in [-0.05, 0) is 42.0 Å². The number of halogens is 2. The highest BCUT2D eigenvalue weighted by molar-refractivity contribution is 9.10. The third-order valence-electron chi connectivity index (χ3n) is 3.08. The number of nitrogens with one attached hydrogen (secondary N) is 1. The van der Waals surface area contributed by atoms with Crippen LogP contribution in [-0.4, -0.2) is 17.9 Å². The Balaban J connectivity index is 2.10. The van der Waals surface area contributed by atoms with Gasteiger partial charge in [-0.25, -0.2) is 4.39 Å². The first-order valence-corrected chi connectivity index (χ1v) is 7.35. The lowest BCUT2D eigenvalue weighted by Gasteiger charge is -2.16. The highest BCUT2D eigenvalue weighted by Gasteiger charge is 2.19. The van der Waals surface area contributed by atoms with Crippen LogP contribution in [0.15, 0.2) is 53.0 Å². The molecule has 1 atom stereocenters. The van der Waals surface area contributed by atoms with Crippen LogP contribution in [0.1, 0.15) is 15.9 Å². The molecule has 6 heteroatoms. The summed E-state index contributed by atoms with van der Waals surface area (Å²) in [5.41, 5.74) is 6.47. The number of hydrogen-bond donors (Lipinski definition) is 2. The number of benzene rings is 2. The Morgan fingerprint density at radius 3 is 2.45 bits per heavy atom. The van der Waals surface area contributed by atoms with E-state index >= 15 is 0 Å². The van der Waals surface area contributed by atoms with Crippen molar-refractivity contribution >= 4 is 27.7 Å². The zero-order chi connectivity index (χ0) is 16.1. The van der Waals surface area contributed by atoms with E-state index in [1.54, 1.807) is 0 Å². The summed E-state index contributed by atoms with van der Waals surface area (Å²) in [5.74, 6) is -1.54. The Labute approximate surface area is 135 Å². The van der Waals surface area contributed by atoms with E-state index in [-0.39, 0.29) is 12.0 Å². The fourth-order valence-electron chi connectivity index (χ4n) is 1.97. The molecule has 0 radical (unpaired) electrons. The molecular formula is C16H14BrFN2O2. The summed E-state index contributed by atoms with van der Waals surface area (Å²) < 4.78 is 13.7. The SMILES string of the molecule is NC(=O)[C@@H](Cc1cccc(Br)c1)NC(=O)c1ccc(F)cc1. The van der Waals surface area contributed by atoms with Gasteiger partial charge in [0.1, 0.15) is 11.9 Å². The lowest BCUT2D eigenvalue weighted by Crippen LogP contribution is -2.45. The Hall–Kier alpha value is -2.21. The smallest absolute Gasteiger partial charge is 0.251 e. The van der Waals surface area contributed by atoms with Crippen molar-refractivity contribution in [2.24, 2.45) is 5.73 Å². The molecule has 0 saturated heterocycles. The highest BCUT2D eigenvalue weighted by Crippen LogP contribution is 2.13. The van der Waals surface area contributed by atoms with Gasteiger partial charge in [-0.1, -0.05) is 28.1 Å². The summed E-state index contributed by atoms with van der Waals surface area (Å²) in [5, 5.41) is 2.57. The van der Waals surface area contributed by atoms with Crippen LogP contribution in [-0.2, 0) is 11.2 Å². The van der Waals surface area contributed by atoms with Crippen LogP contribution in [0.3, 0.4) is 0 Å². The fourth-order valence-corrected chi connectivity index (χ4v) is 2.41. The van der Waals surface area contributed by atoms with Crippen molar-refractivity contribution in [2.45, 2.75) is 12.5 Å². The van der Waals surface area contributed by atoms with Gasteiger partial charge in [0.25, 0.3) is 5.91 Å². The predicted octanol–water partition coefficient (Wildman–Crippen LogP) is 2.41. The van der Waals surface area contributed by atoms with Crippen molar-refractivity contribution in [1.29, 1.82) is 0 Å². The first-order chi connectivity index (χ1) is 10.5. The fraction of sp³-hybridized carbons (Fsp3) is 0.125. The molecule has 0 bridgehead atoms. The van der Waals surface area contributed by atoms with E-state index in [0.29, 0.717) is 0 Å². The molecule has 2 aromatic rings. The Morgan fingerprint density at radius 2 is 1.86 bits per heavy atom. The van der Waals surface area contributed by atoms with Gasteiger partial charge < -0.3 is 11.1 Å². The molecule has 0 unspecified atom stereocenters. The maximum Gasteiger partial charge on any atom is 0.251 e. The molecular weight excluding hydrogens is 351 g/mol. The maximum absolute atomic E-state index is 12.9. The normalized spacial score (nSPS) is 11.7. The molecule has 0 aliphatic carbocycles. The molecule has 0 aliphatic rings. The van der Waals surface area contributed by atoms with E-state index in [9.17, 15) is 14.0 Å². The van der Waals surface area contributed by atoms with Crippen molar-refractivity contribution in [3.8, 4) is 0 Å². The van der Waals surface area contributed by atoms with Crippen LogP contribution in [0.25, 0.3) is 0 Å². The van der Waals surface area contributed by atoms with Gasteiger partial charge >= 0.3 is 0 Å². The van der Waals surface area contributed by atoms with E-state index in [2.05, 4.69) is 21.2 Å². The van der Waals surface area contributed by atoms with Crippen LogP contribution in [0.5, 0.6) is 0 Å². The number of primary amides is 1. The molecule has 0 spiro atoms. The number of carbonyl (C=O) groups excluding carboxylic acids is 2. The van der Waals surface area contributed by atoms with Gasteiger partial charge in [0.05, 0.1) is 0 Å². The molecule has 2 rings (SSSR count). The molecule has 0 aromatic heterocycles. The summed E-state index contributed by atoms with van der Waals surface area (Å²) in [6, 6.07) is 11.6. The highest BCUT2D eigenvalue weighted by atomic mass is 79.9. The minimum atomic E-state index is -0.841. The van der Waals surface area contributed by atoms with Crippen LogP contribution < -0.4 is 11.1 Å². The monoisotopic (exact) mass is 364 g/mol.